The summed E-state index contributed by atoms with van der Waals surface area (Å²) >= 11 is 12.0. The van der Waals surface area contributed by atoms with Crippen LogP contribution in [0.3, 0.4) is 0 Å². The number of aromatic amines is 1. The molecule has 0 amide bonds. The molecule has 0 aliphatic rings. The molecule has 1 aromatic heterocycles. The van der Waals surface area contributed by atoms with Crippen LogP contribution in [-0.2, 0) is 6.61 Å². The fourth-order valence-electron chi connectivity index (χ4n) is 2.08. The first kappa shape index (κ1) is 15.0. The van der Waals surface area contributed by atoms with Crippen molar-refractivity contribution in [2.45, 2.75) is 13.5 Å². The normalized spacial score (nSPS) is 10.9. The summed E-state index contributed by atoms with van der Waals surface area (Å²) in [6, 6.07) is 11.0. The molecule has 0 spiro atoms. The Morgan fingerprint density at radius 1 is 1.00 bits per heavy atom. The third-order valence-electron chi connectivity index (χ3n) is 3.08. The van der Waals surface area contributed by atoms with E-state index in [2.05, 4.69) is 9.97 Å². The van der Waals surface area contributed by atoms with Crippen LogP contribution < -0.4 is 9.47 Å². The number of halogens is 2. The van der Waals surface area contributed by atoms with Crippen molar-refractivity contribution in [2.24, 2.45) is 0 Å². The van der Waals surface area contributed by atoms with Crippen LogP contribution >= 0.6 is 23.2 Å². The number of rotatable bonds is 5. The van der Waals surface area contributed by atoms with Crippen LogP contribution in [-0.4, -0.2) is 16.6 Å². The second kappa shape index (κ2) is 6.46. The highest BCUT2D eigenvalue weighted by Gasteiger charge is 2.07. The molecule has 6 heteroatoms. The van der Waals surface area contributed by atoms with Crippen LogP contribution in [0.2, 0.25) is 10.0 Å². The molecule has 1 heterocycles. The van der Waals surface area contributed by atoms with E-state index in [0.29, 0.717) is 29.1 Å². The van der Waals surface area contributed by atoms with Crippen molar-refractivity contribution in [1.29, 1.82) is 0 Å². The zero-order chi connectivity index (χ0) is 15.5. The number of nitrogens with one attached hydrogen (secondary N) is 1. The third kappa shape index (κ3) is 3.29. The first-order valence-electron chi connectivity index (χ1n) is 6.85. The summed E-state index contributed by atoms with van der Waals surface area (Å²) < 4.78 is 11.1. The second-order valence-electron chi connectivity index (χ2n) is 4.66. The average molecular weight is 337 g/mol. The Bertz CT molecular complexity index is 746. The van der Waals surface area contributed by atoms with Crippen molar-refractivity contribution < 1.29 is 9.47 Å². The van der Waals surface area contributed by atoms with Crippen LogP contribution in [0.4, 0.5) is 0 Å². The van der Waals surface area contributed by atoms with E-state index in [9.17, 15) is 0 Å². The van der Waals surface area contributed by atoms with Crippen molar-refractivity contribution in [1.82, 2.24) is 9.97 Å². The SMILES string of the molecule is CCOc1ccc(OCc2nc3cc(Cl)c(Cl)cc3[nH]2)cc1. The minimum atomic E-state index is 0.331. The Morgan fingerprint density at radius 3 is 2.32 bits per heavy atom. The topological polar surface area (TPSA) is 47.1 Å². The first-order chi connectivity index (χ1) is 10.7. The van der Waals surface area contributed by atoms with Gasteiger partial charge in [-0.2, -0.15) is 0 Å². The minimum Gasteiger partial charge on any atom is -0.494 e. The molecule has 3 aromatic rings. The Balaban J connectivity index is 1.70. The van der Waals surface area contributed by atoms with Gasteiger partial charge >= 0.3 is 0 Å². The van der Waals surface area contributed by atoms with Crippen LogP contribution in [0.15, 0.2) is 36.4 Å². The van der Waals surface area contributed by atoms with E-state index in [1.54, 1.807) is 12.1 Å². The number of imidazole rings is 1. The summed E-state index contributed by atoms with van der Waals surface area (Å²) in [6.07, 6.45) is 0. The van der Waals surface area contributed by atoms with Gasteiger partial charge in [0.2, 0.25) is 0 Å². The van der Waals surface area contributed by atoms with Crippen LogP contribution in [0.25, 0.3) is 11.0 Å². The zero-order valence-corrected chi connectivity index (χ0v) is 13.4. The molecule has 0 saturated carbocycles. The number of benzene rings is 2. The number of ether oxygens (including phenoxy) is 2. The van der Waals surface area contributed by atoms with Crippen LogP contribution in [0.5, 0.6) is 11.5 Å². The maximum absolute atomic E-state index is 5.99. The van der Waals surface area contributed by atoms with Gasteiger partial charge in [-0.05, 0) is 43.3 Å². The highest BCUT2D eigenvalue weighted by atomic mass is 35.5. The van der Waals surface area contributed by atoms with E-state index in [1.165, 1.54) is 0 Å². The van der Waals surface area contributed by atoms with E-state index in [-0.39, 0.29) is 0 Å². The standard InChI is InChI=1S/C16H14Cl2N2O2/c1-2-21-10-3-5-11(6-4-10)22-9-16-19-14-7-12(17)13(18)8-15(14)20-16/h3-8H,2,9H2,1H3,(H,19,20). The molecule has 0 unspecified atom stereocenters. The zero-order valence-electron chi connectivity index (χ0n) is 11.9. The molecule has 22 heavy (non-hydrogen) atoms. The molecule has 0 aliphatic carbocycles. The van der Waals surface area contributed by atoms with Gasteiger partial charge in [0.15, 0.2) is 0 Å². The predicted octanol–water partition coefficient (Wildman–Crippen LogP) is 4.85. The average Bonchev–Trinajstić information content (AvgIpc) is 2.89. The fourth-order valence-corrected chi connectivity index (χ4v) is 2.40. The van der Waals surface area contributed by atoms with E-state index in [4.69, 9.17) is 32.7 Å². The number of fused-ring (bicyclic) bond motifs is 1. The molecule has 0 fully saturated rings. The molecule has 4 nitrogen and oxygen atoms in total. The van der Waals surface area contributed by atoms with Crippen LogP contribution in [0.1, 0.15) is 12.7 Å². The quantitative estimate of drug-likeness (QED) is 0.724. The molecule has 3 rings (SSSR count). The van der Waals surface area contributed by atoms with Gasteiger partial charge in [0.25, 0.3) is 0 Å². The minimum absolute atomic E-state index is 0.331. The Kier molecular flexibility index (Phi) is 4.41. The summed E-state index contributed by atoms with van der Waals surface area (Å²) in [5, 5.41) is 0.983. The molecular weight excluding hydrogens is 323 g/mol. The van der Waals surface area contributed by atoms with Gasteiger partial charge in [0.1, 0.15) is 23.9 Å². The van der Waals surface area contributed by atoms with Gasteiger partial charge in [0.05, 0.1) is 27.7 Å². The van der Waals surface area contributed by atoms with Crippen molar-refractivity contribution in [2.75, 3.05) is 6.61 Å². The van der Waals surface area contributed by atoms with Gasteiger partial charge in [-0.25, -0.2) is 4.98 Å². The molecule has 1 N–H and O–H groups in total. The summed E-state index contributed by atoms with van der Waals surface area (Å²) in [7, 11) is 0. The monoisotopic (exact) mass is 336 g/mol. The molecule has 0 saturated heterocycles. The molecular formula is C16H14Cl2N2O2. The van der Waals surface area contributed by atoms with E-state index >= 15 is 0 Å². The molecule has 114 valence electrons. The molecule has 0 aliphatic heterocycles. The summed E-state index contributed by atoms with van der Waals surface area (Å²) in [5.74, 6) is 2.28. The summed E-state index contributed by atoms with van der Waals surface area (Å²) in [6.45, 7) is 2.92. The number of aromatic nitrogens is 2. The Morgan fingerprint density at radius 2 is 1.64 bits per heavy atom. The number of nitrogens with zero attached hydrogens (tertiary/aromatic N) is 1. The van der Waals surface area contributed by atoms with Crippen molar-refractivity contribution >= 4 is 34.2 Å². The Labute approximate surface area is 138 Å². The first-order valence-corrected chi connectivity index (χ1v) is 7.60. The highest BCUT2D eigenvalue weighted by Crippen LogP contribution is 2.27. The Hall–Kier alpha value is -1.91. The lowest BCUT2D eigenvalue weighted by molar-refractivity contribution is 0.296. The maximum atomic E-state index is 5.99. The number of H-pyrrole nitrogens is 1. The lowest BCUT2D eigenvalue weighted by Gasteiger charge is -2.06. The van der Waals surface area contributed by atoms with E-state index < -0.39 is 0 Å². The largest absolute Gasteiger partial charge is 0.494 e. The van der Waals surface area contributed by atoms with Gasteiger partial charge in [0, 0.05) is 0 Å². The molecule has 0 atom stereocenters. The molecule has 0 bridgehead atoms. The fraction of sp³-hybridized carbons (Fsp3) is 0.188. The summed E-state index contributed by atoms with van der Waals surface area (Å²) in [4.78, 5) is 7.59. The van der Waals surface area contributed by atoms with Crippen molar-refractivity contribution in [3.63, 3.8) is 0 Å². The molecule has 2 aromatic carbocycles. The smallest absolute Gasteiger partial charge is 0.146 e. The van der Waals surface area contributed by atoms with Gasteiger partial charge in [-0.15, -0.1) is 0 Å². The van der Waals surface area contributed by atoms with E-state index in [0.717, 1.165) is 22.5 Å². The number of hydrogen-bond donors (Lipinski definition) is 1. The van der Waals surface area contributed by atoms with Crippen molar-refractivity contribution in [3.05, 3.63) is 52.3 Å². The highest BCUT2D eigenvalue weighted by molar-refractivity contribution is 6.42. The summed E-state index contributed by atoms with van der Waals surface area (Å²) in [5.41, 5.74) is 1.60. The predicted molar refractivity (Wildman–Crippen MR) is 88.1 cm³/mol. The lowest BCUT2D eigenvalue weighted by Crippen LogP contribution is -1.97. The van der Waals surface area contributed by atoms with Gasteiger partial charge in [-0.3, -0.25) is 0 Å². The maximum Gasteiger partial charge on any atom is 0.146 e. The van der Waals surface area contributed by atoms with E-state index in [1.807, 2.05) is 31.2 Å². The van der Waals surface area contributed by atoms with Gasteiger partial charge < -0.3 is 14.5 Å². The lowest BCUT2D eigenvalue weighted by atomic mass is 10.3. The van der Waals surface area contributed by atoms with Crippen LogP contribution in [0, 0.1) is 0 Å². The van der Waals surface area contributed by atoms with Crippen molar-refractivity contribution in [3.8, 4) is 11.5 Å². The van der Waals surface area contributed by atoms with Gasteiger partial charge in [-0.1, -0.05) is 23.2 Å². The number of hydrogen-bond acceptors (Lipinski definition) is 3. The third-order valence-corrected chi connectivity index (χ3v) is 3.81. The molecule has 0 radical (unpaired) electrons. The second-order valence-corrected chi connectivity index (χ2v) is 5.47.